The maximum Gasteiger partial charge on any atom is 0.102 e. The first-order chi connectivity index (χ1) is 9.38. The second kappa shape index (κ2) is 6.08. The van der Waals surface area contributed by atoms with Crippen molar-refractivity contribution in [3.8, 4) is 0 Å². The number of rotatable bonds is 5. The topological polar surface area (TPSA) is 50.1 Å². The van der Waals surface area contributed by atoms with Crippen molar-refractivity contribution in [2.45, 2.75) is 26.0 Å². The lowest BCUT2D eigenvalue weighted by molar-refractivity contribution is 0.0566. The molecule has 0 spiro atoms. The summed E-state index contributed by atoms with van der Waals surface area (Å²) in [6, 6.07) is 6.25. The Kier molecular flexibility index (Phi) is 4.62. The summed E-state index contributed by atoms with van der Waals surface area (Å²) in [5.74, 6) is 0. The van der Waals surface area contributed by atoms with Crippen LogP contribution in [0.2, 0.25) is 0 Å². The summed E-state index contributed by atoms with van der Waals surface area (Å²) in [6.07, 6.45) is 3.54. The second-order valence-electron chi connectivity index (χ2n) is 5.36. The average molecular weight is 338 g/mol. The van der Waals surface area contributed by atoms with Crippen molar-refractivity contribution in [3.05, 3.63) is 51.8 Å². The van der Waals surface area contributed by atoms with Gasteiger partial charge in [0.2, 0.25) is 0 Å². The molecule has 20 heavy (non-hydrogen) atoms. The van der Waals surface area contributed by atoms with Crippen LogP contribution in [0.3, 0.4) is 0 Å². The molecule has 2 N–H and O–H groups in total. The van der Waals surface area contributed by atoms with Gasteiger partial charge < -0.3 is 10.4 Å². The van der Waals surface area contributed by atoms with Crippen LogP contribution in [0.4, 0.5) is 0 Å². The molecule has 2 aromatic rings. The highest BCUT2D eigenvalue weighted by molar-refractivity contribution is 9.10. The molecule has 0 unspecified atom stereocenters. The van der Waals surface area contributed by atoms with Gasteiger partial charge in [0.15, 0.2) is 0 Å². The predicted octanol–water partition coefficient (Wildman–Crippen LogP) is 2.49. The Hall–Kier alpha value is -1.17. The summed E-state index contributed by atoms with van der Waals surface area (Å²) in [7, 11) is 1.84. The highest BCUT2D eigenvalue weighted by Crippen LogP contribution is 2.19. The van der Waals surface area contributed by atoms with Crippen LogP contribution in [0.1, 0.15) is 23.6 Å². The summed E-state index contributed by atoms with van der Waals surface area (Å²) in [5, 5.41) is 17.8. The van der Waals surface area contributed by atoms with Crippen LogP contribution >= 0.6 is 15.9 Å². The summed E-state index contributed by atoms with van der Waals surface area (Å²) in [4.78, 5) is 0. The normalized spacial score (nSPS) is 14.2. The smallest absolute Gasteiger partial charge is 0.102 e. The third-order valence-corrected chi connectivity index (χ3v) is 4.24. The van der Waals surface area contributed by atoms with Crippen molar-refractivity contribution >= 4 is 15.9 Å². The number of hydrogen-bond donors (Lipinski definition) is 2. The van der Waals surface area contributed by atoms with Gasteiger partial charge in [-0.05, 0) is 31.0 Å². The van der Waals surface area contributed by atoms with Gasteiger partial charge >= 0.3 is 0 Å². The molecule has 0 amide bonds. The number of nitrogens with one attached hydrogen (secondary N) is 1. The lowest BCUT2D eigenvalue weighted by Crippen LogP contribution is -2.34. The molecule has 0 bridgehead atoms. The molecule has 5 heteroatoms. The zero-order valence-electron chi connectivity index (χ0n) is 12.0. The number of aryl methyl sites for hydroxylation is 2. The molecule has 0 radical (unpaired) electrons. The van der Waals surface area contributed by atoms with Gasteiger partial charge in [0.25, 0.3) is 0 Å². The number of nitrogens with zero attached hydrogens (tertiary/aromatic N) is 2. The van der Waals surface area contributed by atoms with Crippen molar-refractivity contribution < 1.29 is 5.11 Å². The standard InChI is InChI=1S/C15H20BrN3O/c1-11-6-12(4-5-14(11)16)7-17-10-15(2,20)13-8-18-19(3)9-13/h4-6,8-9,17,20H,7,10H2,1-3H3/t15-/m0/s1. The van der Waals surface area contributed by atoms with E-state index >= 15 is 0 Å². The Morgan fingerprint density at radius 2 is 2.20 bits per heavy atom. The summed E-state index contributed by atoms with van der Waals surface area (Å²) < 4.78 is 2.81. The van der Waals surface area contributed by atoms with E-state index in [1.165, 1.54) is 11.1 Å². The van der Waals surface area contributed by atoms with E-state index in [0.717, 1.165) is 16.6 Å². The van der Waals surface area contributed by atoms with Gasteiger partial charge in [0, 0.05) is 36.4 Å². The number of hydrogen-bond acceptors (Lipinski definition) is 3. The molecular formula is C15H20BrN3O. The Balaban J connectivity index is 1.93. The van der Waals surface area contributed by atoms with Gasteiger partial charge in [-0.1, -0.05) is 28.1 Å². The first-order valence-corrected chi connectivity index (χ1v) is 7.35. The number of aromatic nitrogens is 2. The zero-order valence-corrected chi connectivity index (χ0v) is 13.6. The Morgan fingerprint density at radius 3 is 2.80 bits per heavy atom. The third kappa shape index (κ3) is 3.69. The average Bonchev–Trinajstić information content (AvgIpc) is 2.81. The molecule has 0 aliphatic carbocycles. The van der Waals surface area contributed by atoms with E-state index in [0.29, 0.717) is 6.54 Å². The SMILES string of the molecule is Cc1cc(CNC[C@](C)(O)c2cnn(C)c2)ccc1Br. The van der Waals surface area contributed by atoms with E-state index in [-0.39, 0.29) is 0 Å². The summed E-state index contributed by atoms with van der Waals surface area (Å²) in [6.45, 7) is 5.07. The van der Waals surface area contributed by atoms with Gasteiger partial charge in [-0.15, -0.1) is 0 Å². The van der Waals surface area contributed by atoms with Crippen LogP contribution in [0.15, 0.2) is 35.1 Å². The van der Waals surface area contributed by atoms with Gasteiger partial charge in [-0.2, -0.15) is 5.10 Å². The zero-order chi connectivity index (χ0) is 14.8. The maximum atomic E-state index is 10.5. The van der Waals surface area contributed by atoms with Crippen LogP contribution in [0, 0.1) is 6.92 Å². The van der Waals surface area contributed by atoms with Crippen LogP contribution in [0.5, 0.6) is 0 Å². The highest BCUT2D eigenvalue weighted by atomic mass is 79.9. The molecule has 0 aliphatic rings. The van der Waals surface area contributed by atoms with Gasteiger partial charge in [0.1, 0.15) is 5.60 Å². The van der Waals surface area contributed by atoms with Crippen LogP contribution in [0.25, 0.3) is 0 Å². The fourth-order valence-corrected chi connectivity index (χ4v) is 2.32. The minimum Gasteiger partial charge on any atom is -0.384 e. The van der Waals surface area contributed by atoms with E-state index < -0.39 is 5.60 Å². The number of halogens is 1. The minimum absolute atomic E-state index is 0.480. The lowest BCUT2D eigenvalue weighted by atomic mass is 9.99. The Morgan fingerprint density at radius 1 is 1.45 bits per heavy atom. The van der Waals surface area contributed by atoms with Crippen molar-refractivity contribution in [1.29, 1.82) is 0 Å². The third-order valence-electron chi connectivity index (χ3n) is 3.35. The monoisotopic (exact) mass is 337 g/mol. The largest absolute Gasteiger partial charge is 0.384 e. The minimum atomic E-state index is -0.918. The molecule has 0 saturated carbocycles. The fourth-order valence-electron chi connectivity index (χ4n) is 2.07. The quantitative estimate of drug-likeness (QED) is 0.881. The Bertz CT molecular complexity index is 593. The maximum absolute atomic E-state index is 10.5. The highest BCUT2D eigenvalue weighted by Gasteiger charge is 2.24. The summed E-state index contributed by atoms with van der Waals surface area (Å²) >= 11 is 3.49. The molecule has 0 fully saturated rings. The first-order valence-electron chi connectivity index (χ1n) is 6.56. The molecule has 2 rings (SSSR count). The Labute approximate surface area is 127 Å². The van der Waals surface area contributed by atoms with Crippen LogP contribution in [-0.2, 0) is 19.2 Å². The van der Waals surface area contributed by atoms with Gasteiger partial charge in [-0.25, -0.2) is 0 Å². The molecule has 0 aliphatic heterocycles. The molecular weight excluding hydrogens is 318 g/mol. The lowest BCUT2D eigenvalue weighted by Gasteiger charge is -2.22. The van der Waals surface area contributed by atoms with E-state index in [1.807, 2.05) is 19.3 Å². The number of benzene rings is 1. The molecule has 1 atom stereocenters. The molecule has 1 aromatic heterocycles. The van der Waals surface area contributed by atoms with Gasteiger partial charge in [-0.3, -0.25) is 4.68 Å². The fraction of sp³-hybridized carbons (Fsp3) is 0.400. The first kappa shape index (κ1) is 15.2. The van der Waals surface area contributed by atoms with E-state index in [4.69, 9.17) is 0 Å². The van der Waals surface area contributed by atoms with Crippen molar-refractivity contribution in [2.75, 3.05) is 6.54 Å². The van der Waals surface area contributed by atoms with Crippen LogP contribution < -0.4 is 5.32 Å². The van der Waals surface area contributed by atoms with Crippen molar-refractivity contribution in [2.24, 2.45) is 7.05 Å². The summed E-state index contributed by atoms with van der Waals surface area (Å²) in [5.41, 5.74) is 2.31. The van der Waals surface area contributed by atoms with Crippen molar-refractivity contribution in [3.63, 3.8) is 0 Å². The van der Waals surface area contributed by atoms with Crippen LogP contribution in [-0.4, -0.2) is 21.4 Å². The second-order valence-corrected chi connectivity index (χ2v) is 6.22. The molecule has 1 aromatic carbocycles. The van der Waals surface area contributed by atoms with Crippen molar-refractivity contribution in [1.82, 2.24) is 15.1 Å². The van der Waals surface area contributed by atoms with E-state index in [9.17, 15) is 5.11 Å². The predicted molar refractivity (Wildman–Crippen MR) is 83.4 cm³/mol. The number of aliphatic hydroxyl groups is 1. The molecule has 1 heterocycles. The van der Waals surface area contributed by atoms with E-state index in [1.54, 1.807) is 17.8 Å². The van der Waals surface area contributed by atoms with Gasteiger partial charge in [0.05, 0.1) is 6.20 Å². The van der Waals surface area contributed by atoms with E-state index in [2.05, 4.69) is 45.4 Å². The molecule has 4 nitrogen and oxygen atoms in total. The molecule has 108 valence electrons. The molecule has 0 saturated heterocycles.